The van der Waals surface area contributed by atoms with Crippen molar-refractivity contribution in [1.82, 2.24) is 24.5 Å². The Morgan fingerprint density at radius 2 is 1.89 bits per heavy atom. The molecule has 4 N–H and O–H groups in total. The molecule has 3 heterocycles. The fraction of sp³-hybridized carbons (Fsp3) is 0.500. The summed E-state index contributed by atoms with van der Waals surface area (Å²) in [5.74, 6) is -1.62. The topological polar surface area (TPSA) is 144 Å². The SMILES string of the molecule is CC(C1C(C#N)C(n2cc(C(N)=O)c(Nc3ccc(F)cc3)n2)CCN1C(=O)O)N1CCN(C)CC1. The van der Waals surface area contributed by atoms with E-state index in [-0.39, 0.29) is 24.0 Å². The number of hydrogen-bond donors (Lipinski definition) is 3. The number of carboxylic acid groups (broad SMARTS) is 1. The Labute approximate surface area is 208 Å². The summed E-state index contributed by atoms with van der Waals surface area (Å²) < 4.78 is 14.8. The molecule has 12 heteroatoms. The zero-order chi connectivity index (χ0) is 26.0. The first-order valence-electron chi connectivity index (χ1n) is 11.9. The number of benzene rings is 1. The highest BCUT2D eigenvalue weighted by Gasteiger charge is 2.46. The summed E-state index contributed by atoms with van der Waals surface area (Å²) in [5, 5.41) is 27.7. The molecule has 2 aliphatic rings. The number of hydrogen-bond acceptors (Lipinski definition) is 7. The molecule has 2 saturated heterocycles. The maximum absolute atomic E-state index is 13.3. The number of rotatable bonds is 6. The van der Waals surface area contributed by atoms with E-state index < -0.39 is 35.8 Å². The summed E-state index contributed by atoms with van der Waals surface area (Å²) in [6, 6.07) is 6.69. The standard InChI is InChI=1S/C24H31FN8O3/c1-15(31-11-9-30(2)10-12-31)21-18(13-26)20(7-8-32(21)24(35)36)33-14-19(22(27)34)23(29-33)28-17-5-3-16(25)4-6-17/h3-6,14-15,18,20-21H,7-12H2,1-2H3,(H2,27,34)(H,28,29)(H,35,36). The number of nitrogens with one attached hydrogen (secondary N) is 1. The molecule has 2 fully saturated rings. The van der Waals surface area contributed by atoms with E-state index in [1.165, 1.54) is 35.4 Å². The first kappa shape index (κ1) is 25.4. The predicted molar refractivity (Wildman–Crippen MR) is 130 cm³/mol. The average molecular weight is 499 g/mol. The predicted octanol–water partition coefficient (Wildman–Crippen LogP) is 1.93. The highest BCUT2D eigenvalue weighted by Crippen LogP contribution is 2.37. The van der Waals surface area contributed by atoms with Gasteiger partial charge in [0.15, 0.2) is 5.82 Å². The van der Waals surface area contributed by atoms with Crippen LogP contribution in [0.3, 0.4) is 0 Å². The summed E-state index contributed by atoms with van der Waals surface area (Å²) >= 11 is 0. The van der Waals surface area contributed by atoms with Gasteiger partial charge in [0.25, 0.3) is 5.91 Å². The van der Waals surface area contributed by atoms with Crippen LogP contribution in [0.4, 0.5) is 20.7 Å². The number of halogens is 1. The van der Waals surface area contributed by atoms with Crippen molar-refractivity contribution < 1.29 is 19.1 Å². The van der Waals surface area contributed by atoms with Crippen molar-refractivity contribution in [3.63, 3.8) is 0 Å². The quantitative estimate of drug-likeness (QED) is 0.548. The second kappa shape index (κ2) is 10.5. The maximum Gasteiger partial charge on any atom is 0.407 e. The Balaban J connectivity index is 1.65. The van der Waals surface area contributed by atoms with Crippen molar-refractivity contribution in [2.24, 2.45) is 11.7 Å². The van der Waals surface area contributed by atoms with Crippen LogP contribution in [0.2, 0.25) is 0 Å². The van der Waals surface area contributed by atoms with Crippen LogP contribution in [0.1, 0.15) is 29.7 Å². The van der Waals surface area contributed by atoms with Crippen LogP contribution in [0.25, 0.3) is 0 Å². The maximum atomic E-state index is 13.3. The molecule has 4 unspecified atom stereocenters. The van der Waals surface area contributed by atoms with Crippen LogP contribution < -0.4 is 11.1 Å². The van der Waals surface area contributed by atoms with E-state index in [9.17, 15) is 24.3 Å². The van der Waals surface area contributed by atoms with Gasteiger partial charge in [-0.15, -0.1) is 0 Å². The van der Waals surface area contributed by atoms with E-state index >= 15 is 0 Å². The third-order valence-electron chi connectivity index (χ3n) is 7.26. The molecule has 2 amide bonds. The molecule has 0 aliphatic carbocycles. The lowest BCUT2D eigenvalue weighted by molar-refractivity contribution is 0.00622. The Morgan fingerprint density at radius 3 is 2.47 bits per heavy atom. The van der Waals surface area contributed by atoms with Crippen molar-refractivity contribution in [3.05, 3.63) is 41.8 Å². The lowest BCUT2D eigenvalue weighted by Crippen LogP contribution is -2.62. The minimum atomic E-state index is -1.06. The Kier molecular flexibility index (Phi) is 7.42. The van der Waals surface area contributed by atoms with E-state index in [1.807, 2.05) is 14.0 Å². The van der Waals surface area contributed by atoms with Crippen LogP contribution in [-0.4, -0.2) is 93.4 Å². The first-order valence-corrected chi connectivity index (χ1v) is 11.9. The van der Waals surface area contributed by atoms with Crippen molar-refractivity contribution in [1.29, 1.82) is 5.26 Å². The van der Waals surface area contributed by atoms with Crippen LogP contribution in [0, 0.1) is 23.1 Å². The smallest absolute Gasteiger partial charge is 0.407 e. The molecule has 36 heavy (non-hydrogen) atoms. The average Bonchev–Trinajstić information content (AvgIpc) is 3.28. The normalized spacial score (nSPS) is 24.2. The fourth-order valence-electron chi connectivity index (χ4n) is 5.21. The number of aromatic nitrogens is 2. The van der Waals surface area contributed by atoms with Gasteiger partial charge < -0.3 is 26.0 Å². The monoisotopic (exact) mass is 498 g/mol. The third kappa shape index (κ3) is 5.12. The largest absolute Gasteiger partial charge is 0.465 e. The number of nitrogens with zero attached hydrogens (tertiary/aromatic N) is 6. The molecule has 4 atom stereocenters. The number of piperidine rings is 1. The number of nitrogens with two attached hydrogens (primary N) is 1. The van der Waals surface area contributed by atoms with Crippen molar-refractivity contribution >= 4 is 23.5 Å². The van der Waals surface area contributed by atoms with Crippen LogP contribution >= 0.6 is 0 Å². The molecule has 0 bridgehead atoms. The van der Waals surface area contributed by atoms with Crippen LogP contribution in [0.15, 0.2) is 30.5 Å². The van der Waals surface area contributed by atoms with Crippen LogP contribution in [-0.2, 0) is 0 Å². The highest BCUT2D eigenvalue weighted by atomic mass is 19.1. The van der Waals surface area contributed by atoms with Crippen molar-refractivity contribution in [2.45, 2.75) is 31.5 Å². The van der Waals surface area contributed by atoms with E-state index in [0.29, 0.717) is 12.1 Å². The number of primary amides is 1. The van der Waals surface area contributed by atoms with Crippen molar-refractivity contribution in [2.75, 3.05) is 45.1 Å². The summed E-state index contributed by atoms with van der Waals surface area (Å²) in [6.45, 7) is 5.49. The van der Waals surface area contributed by atoms with Gasteiger partial charge in [0, 0.05) is 50.6 Å². The number of amides is 2. The van der Waals surface area contributed by atoms with E-state index in [4.69, 9.17) is 5.73 Å². The summed E-state index contributed by atoms with van der Waals surface area (Å²) in [7, 11) is 2.05. The second-order valence-electron chi connectivity index (χ2n) is 9.42. The molecule has 1 aromatic carbocycles. The van der Waals surface area contributed by atoms with Gasteiger partial charge in [-0.3, -0.25) is 14.4 Å². The molecule has 0 radical (unpaired) electrons. The minimum absolute atomic E-state index is 0.125. The number of carbonyl (C=O) groups excluding carboxylic acids is 1. The van der Waals surface area contributed by atoms with Gasteiger partial charge in [0.05, 0.1) is 24.1 Å². The highest BCUT2D eigenvalue weighted by molar-refractivity contribution is 5.98. The second-order valence-corrected chi connectivity index (χ2v) is 9.42. The number of carbonyl (C=O) groups is 2. The zero-order valence-corrected chi connectivity index (χ0v) is 20.3. The molecule has 192 valence electrons. The number of piperazine rings is 1. The van der Waals surface area contributed by atoms with Gasteiger partial charge in [0.2, 0.25) is 0 Å². The lowest BCUT2D eigenvalue weighted by Gasteiger charge is -2.48. The number of likely N-dealkylation sites (tertiary alicyclic amines) is 1. The molecule has 11 nitrogen and oxygen atoms in total. The van der Waals surface area contributed by atoms with Gasteiger partial charge in [-0.1, -0.05) is 0 Å². The Bertz CT molecular complexity index is 1140. The number of likely N-dealkylation sites (N-methyl/N-ethyl adjacent to an activating group) is 1. The molecule has 2 aromatic rings. The van der Waals surface area contributed by atoms with Gasteiger partial charge in [-0.2, -0.15) is 10.4 Å². The third-order valence-corrected chi connectivity index (χ3v) is 7.26. The Hall–Kier alpha value is -3.69. The zero-order valence-electron chi connectivity index (χ0n) is 20.3. The molecule has 0 saturated carbocycles. The van der Waals surface area contributed by atoms with Gasteiger partial charge in [-0.25, -0.2) is 9.18 Å². The summed E-state index contributed by atoms with van der Waals surface area (Å²) in [6.07, 6.45) is 0.792. The summed E-state index contributed by atoms with van der Waals surface area (Å²) in [4.78, 5) is 30.1. The van der Waals surface area contributed by atoms with Gasteiger partial charge in [-0.05, 0) is 44.7 Å². The molecular formula is C24H31FN8O3. The van der Waals surface area contributed by atoms with E-state index in [0.717, 1.165) is 26.2 Å². The van der Waals surface area contributed by atoms with E-state index in [2.05, 4.69) is 26.3 Å². The number of anilines is 2. The van der Waals surface area contributed by atoms with E-state index in [1.54, 1.807) is 4.68 Å². The van der Waals surface area contributed by atoms with Gasteiger partial charge in [0.1, 0.15) is 11.4 Å². The van der Waals surface area contributed by atoms with Crippen molar-refractivity contribution in [3.8, 4) is 6.07 Å². The van der Waals surface area contributed by atoms with Crippen LogP contribution in [0.5, 0.6) is 0 Å². The summed E-state index contributed by atoms with van der Waals surface area (Å²) in [5.41, 5.74) is 6.24. The molecule has 4 rings (SSSR count). The lowest BCUT2D eigenvalue weighted by atomic mass is 9.81. The molecule has 0 spiro atoms. The fourth-order valence-corrected chi connectivity index (χ4v) is 5.21. The molecule has 2 aliphatic heterocycles. The van der Waals surface area contributed by atoms with Gasteiger partial charge >= 0.3 is 6.09 Å². The Morgan fingerprint density at radius 1 is 1.22 bits per heavy atom. The first-order chi connectivity index (χ1) is 17.2. The number of nitriles is 1. The minimum Gasteiger partial charge on any atom is -0.465 e. The molecular weight excluding hydrogens is 467 g/mol. The molecule has 1 aromatic heterocycles.